The zero-order valence-electron chi connectivity index (χ0n) is 11.9. The maximum atomic E-state index is 11.9. The first-order chi connectivity index (χ1) is 9.88. The fourth-order valence-corrected chi connectivity index (χ4v) is 2.11. The number of nitrogens with one attached hydrogen (secondary N) is 1. The van der Waals surface area contributed by atoms with Crippen molar-refractivity contribution in [3.8, 4) is 0 Å². The average molecular weight is 312 g/mol. The fraction of sp³-hybridized carbons (Fsp3) is 0.357. The zero-order valence-corrected chi connectivity index (χ0v) is 12.7. The van der Waals surface area contributed by atoms with Crippen LogP contribution in [0.4, 0.5) is 0 Å². The smallest absolute Gasteiger partial charge is 0.266 e. The monoisotopic (exact) mass is 312 g/mol. The first-order valence-corrected chi connectivity index (χ1v) is 8.13. The Balaban J connectivity index is 2.33. The van der Waals surface area contributed by atoms with Crippen molar-refractivity contribution in [1.29, 1.82) is 0 Å². The van der Waals surface area contributed by atoms with E-state index >= 15 is 0 Å². The quantitative estimate of drug-likeness (QED) is 0.670. The second kappa shape index (κ2) is 8.56. The third-order valence-electron chi connectivity index (χ3n) is 2.77. The number of hydrogen-bond acceptors (Lipinski definition) is 4. The number of amides is 1. The van der Waals surface area contributed by atoms with Crippen molar-refractivity contribution in [2.24, 2.45) is 0 Å². The lowest BCUT2D eigenvalue weighted by molar-refractivity contribution is -0.117. The van der Waals surface area contributed by atoms with Crippen LogP contribution >= 0.6 is 0 Å². The highest BCUT2D eigenvalue weighted by molar-refractivity contribution is 7.85. The van der Waals surface area contributed by atoms with E-state index in [1.54, 1.807) is 36.3 Å². The van der Waals surface area contributed by atoms with Gasteiger partial charge in [0.25, 0.3) is 16.0 Å². The second-order valence-electron chi connectivity index (χ2n) is 4.60. The molecule has 0 aromatic heterocycles. The molecule has 6 nitrogen and oxygen atoms in total. The maximum Gasteiger partial charge on any atom is 0.266 e. The predicted octanol–water partition coefficient (Wildman–Crippen LogP) is 0.531. The molecule has 1 aliphatic rings. The molecular formula is C14H20N2O4S. The third-order valence-corrected chi connectivity index (χ3v) is 3.47. The number of allylic oxidation sites excluding steroid dienone is 6. The van der Waals surface area contributed by atoms with E-state index in [-0.39, 0.29) is 18.2 Å². The Morgan fingerprint density at radius 3 is 2.57 bits per heavy atom. The van der Waals surface area contributed by atoms with Gasteiger partial charge in [0, 0.05) is 25.2 Å². The molecule has 0 spiro atoms. The summed E-state index contributed by atoms with van der Waals surface area (Å²) in [7, 11) is -2.22. The summed E-state index contributed by atoms with van der Waals surface area (Å²) in [5.41, 5.74) is 0.552. The van der Waals surface area contributed by atoms with E-state index in [1.807, 2.05) is 18.2 Å². The van der Waals surface area contributed by atoms with Gasteiger partial charge in [-0.05, 0) is 19.2 Å². The van der Waals surface area contributed by atoms with E-state index in [4.69, 9.17) is 4.55 Å². The van der Waals surface area contributed by atoms with Crippen molar-refractivity contribution >= 4 is 16.0 Å². The van der Waals surface area contributed by atoms with Crippen molar-refractivity contribution in [2.45, 2.75) is 0 Å². The van der Waals surface area contributed by atoms with Crippen molar-refractivity contribution in [3.05, 3.63) is 48.1 Å². The highest BCUT2D eigenvalue weighted by Crippen LogP contribution is 2.01. The van der Waals surface area contributed by atoms with Gasteiger partial charge in [-0.25, -0.2) is 0 Å². The number of hydrogen-bond donors (Lipinski definition) is 2. The molecular weight excluding hydrogens is 292 g/mol. The summed E-state index contributed by atoms with van der Waals surface area (Å²) in [6.45, 7) is 1.10. The molecule has 0 unspecified atom stereocenters. The van der Waals surface area contributed by atoms with Crippen LogP contribution in [0.5, 0.6) is 0 Å². The topological polar surface area (TPSA) is 86.7 Å². The molecule has 1 amide bonds. The van der Waals surface area contributed by atoms with Crippen LogP contribution in [-0.2, 0) is 14.9 Å². The largest absolute Gasteiger partial charge is 0.351 e. The molecule has 0 aromatic rings. The molecule has 7 heteroatoms. The molecule has 0 atom stereocenters. The number of carbonyl (C=O) groups excluding carboxylic acids is 1. The molecule has 0 bridgehead atoms. The standard InChI is InChI=1S/C14H20N2O4S/c1-16(11-12-21(18,19)20)10-9-15-14(17)13-7-5-3-2-4-6-8-13/h2-8H,9-12H2,1H3,(H,15,17)(H,18,19,20)/b3-2-,4-2?,5-3?,6-4-,7-5-,8-6?,13-7?,13-8+. The molecule has 21 heavy (non-hydrogen) atoms. The van der Waals surface area contributed by atoms with Crippen LogP contribution in [0.15, 0.2) is 48.1 Å². The Bertz CT molecular complexity index is 574. The third kappa shape index (κ3) is 8.23. The van der Waals surface area contributed by atoms with Gasteiger partial charge in [-0.1, -0.05) is 30.4 Å². The van der Waals surface area contributed by atoms with Gasteiger partial charge in [0.1, 0.15) is 0 Å². The van der Waals surface area contributed by atoms with Gasteiger partial charge in [0.05, 0.1) is 5.75 Å². The van der Waals surface area contributed by atoms with Gasteiger partial charge in [0.2, 0.25) is 0 Å². The Morgan fingerprint density at radius 2 is 1.86 bits per heavy atom. The summed E-state index contributed by atoms with van der Waals surface area (Å²) >= 11 is 0. The van der Waals surface area contributed by atoms with Gasteiger partial charge >= 0.3 is 0 Å². The first kappa shape index (κ1) is 17.4. The molecule has 0 aromatic carbocycles. The van der Waals surface area contributed by atoms with Crippen molar-refractivity contribution in [3.63, 3.8) is 0 Å². The predicted molar refractivity (Wildman–Crippen MR) is 82.4 cm³/mol. The lowest BCUT2D eigenvalue weighted by atomic mass is 10.1. The lowest BCUT2D eigenvalue weighted by Crippen LogP contribution is -2.35. The minimum atomic E-state index is -3.95. The van der Waals surface area contributed by atoms with Crippen LogP contribution in [0.3, 0.4) is 0 Å². The number of carbonyl (C=O) groups is 1. The Kier molecular flexibility index (Phi) is 7.07. The van der Waals surface area contributed by atoms with Gasteiger partial charge in [-0.15, -0.1) is 0 Å². The van der Waals surface area contributed by atoms with Crippen LogP contribution in [0.25, 0.3) is 0 Å². The number of nitrogens with zero attached hydrogens (tertiary/aromatic N) is 1. The van der Waals surface area contributed by atoms with Crippen LogP contribution < -0.4 is 5.32 Å². The summed E-state index contributed by atoms with van der Waals surface area (Å²) < 4.78 is 29.9. The van der Waals surface area contributed by atoms with E-state index in [2.05, 4.69) is 5.32 Å². The van der Waals surface area contributed by atoms with E-state index < -0.39 is 10.1 Å². The minimum absolute atomic E-state index is 0.186. The Morgan fingerprint density at radius 1 is 1.19 bits per heavy atom. The fourth-order valence-electron chi connectivity index (χ4n) is 1.56. The molecule has 116 valence electrons. The second-order valence-corrected chi connectivity index (χ2v) is 6.17. The summed E-state index contributed by atoms with van der Waals surface area (Å²) in [5.74, 6) is -0.503. The van der Waals surface area contributed by atoms with Crippen LogP contribution in [-0.4, -0.2) is 56.2 Å². The highest BCUT2D eigenvalue weighted by Gasteiger charge is 2.08. The van der Waals surface area contributed by atoms with Gasteiger partial charge in [0.15, 0.2) is 0 Å². The molecule has 0 heterocycles. The molecule has 0 radical (unpaired) electrons. The number of rotatable bonds is 7. The lowest BCUT2D eigenvalue weighted by Gasteiger charge is -2.16. The van der Waals surface area contributed by atoms with E-state index in [9.17, 15) is 13.2 Å². The first-order valence-electron chi connectivity index (χ1n) is 6.52. The van der Waals surface area contributed by atoms with Gasteiger partial charge in [-0.3, -0.25) is 9.35 Å². The highest BCUT2D eigenvalue weighted by atomic mass is 32.2. The molecule has 1 aliphatic carbocycles. The summed E-state index contributed by atoms with van der Waals surface area (Å²) in [5, 5.41) is 2.76. The summed E-state index contributed by atoms with van der Waals surface area (Å²) in [4.78, 5) is 13.6. The summed E-state index contributed by atoms with van der Waals surface area (Å²) in [6.07, 6.45) is 12.5. The van der Waals surface area contributed by atoms with Crippen LogP contribution in [0.2, 0.25) is 0 Å². The van der Waals surface area contributed by atoms with E-state index in [1.165, 1.54) is 0 Å². The van der Waals surface area contributed by atoms with Crippen LogP contribution in [0, 0.1) is 0 Å². The molecule has 0 saturated heterocycles. The van der Waals surface area contributed by atoms with Gasteiger partial charge in [-0.2, -0.15) is 8.42 Å². The minimum Gasteiger partial charge on any atom is -0.351 e. The molecule has 1 rings (SSSR count). The number of likely N-dealkylation sites (N-methyl/N-ethyl adjacent to an activating group) is 1. The van der Waals surface area contributed by atoms with Crippen molar-refractivity contribution in [2.75, 3.05) is 32.4 Å². The van der Waals surface area contributed by atoms with Crippen molar-refractivity contribution < 1.29 is 17.8 Å². The zero-order chi connectivity index (χ0) is 15.7. The Hall–Kier alpha value is -1.70. The molecule has 2 N–H and O–H groups in total. The molecule has 0 saturated carbocycles. The molecule has 0 aliphatic heterocycles. The van der Waals surface area contributed by atoms with Crippen molar-refractivity contribution in [1.82, 2.24) is 10.2 Å². The molecule has 0 fully saturated rings. The normalized spacial score (nSPS) is 21.8. The maximum absolute atomic E-state index is 11.9. The van der Waals surface area contributed by atoms with Crippen LogP contribution in [0.1, 0.15) is 0 Å². The van der Waals surface area contributed by atoms with Gasteiger partial charge < -0.3 is 10.2 Å². The Labute approximate surface area is 125 Å². The van der Waals surface area contributed by atoms with E-state index in [0.29, 0.717) is 18.7 Å². The van der Waals surface area contributed by atoms with E-state index in [0.717, 1.165) is 0 Å². The average Bonchev–Trinajstić information content (AvgIpc) is 2.35. The summed E-state index contributed by atoms with van der Waals surface area (Å²) in [6, 6.07) is 0. The SMILES string of the molecule is CN(CCNC(=O)C1=C/C=C\C=C/C=C\1)CCS(=O)(=O)O.